The van der Waals surface area contributed by atoms with E-state index in [4.69, 9.17) is 21.1 Å². The molecule has 26 heavy (non-hydrogen) atoms. The monoisotopic (exact) mass is 380 g/mol. The summed E-state index contributed by atoms with van der Waals surface area (Å²) >= 11 is 6.22. The Morgan fingerprint density at radius 1 is 1.38 bits per heavy atom. The summed E-state index contributed by atoms with van der Waals surface area (Å²) in [5, 5.41) is 6.39. The Hall–Kier alpha value is -1.96. The van der Waals surface area contributed by atoms with Crippen LogP contribution in [0.4, 0.5) is 16.0 Å². The van der Waals surface area contributed by atoms with Crippen LogP contribution >= 0.6 is 11.6 Å². The van der Waals surface area contributed by atoms with Crippen LogP contribution in [0.1, 0.15) is 13.8 Å². The number of ether oxygens (including phenoxy) is 2. The molecule has 6 nitrogen and oxygen atoms in total. The molecule has 1 unspecified atom stereocenters. The van der Waals surface area contributed by atoms with Crippen molar-refractivity contribution in [2.75, 3.05) is 37.4 Å². The van der Waals surface area contributed by atoms with Crippen molar-refractivity contribution in [1.29, 1.82) is 0 Å². The highest BCUT2D eigenvalue weighted by Gasteiger charge is 2.28. The Morgan fingerprint density at radius 3 is 2.88 bits per heavy atom. The summed E-state index contributed by atoms with van der Waals surface area (Å²) in [6, 6.07) is 4.72. The van der Waals surface area contributed by atoms with Crippen molar-refractivity contribution in [3.8, 4) is 11.3 Å². The lowest BCUT2D eigenvalue weighted by Crippen LogP contribution is -2.44. The van der Waals surface area contributed by atoms with Crippen LogP contribution in [0, 0.1) is 5.82 Å². The molecule has 0 spiro atoms. The second kappa shape index (κ2) is 7.73. The van der Waals surface area contributed by atoms with Crippen LogP contribution in [-0.2, 0) is 9.47 Å². The van der Waals surface area contributed by atoms with Crippen molar-refractivity contribution < 1.29 is 13.9 Å². The minimum Gasteiger partial charge on any atom is -0.373 e. The molecule has 1 aliphatic heterocycles. The Labute approximate surface area is 157 Å². The highest BCUT2D eigenvalue weighted by atomic mass is 35.5. The van der Waals surface area contributed by atoms with E-state index in [2.05, 4.69) is 20.6 Å². The number of pyridine rings is 2. The van der Waals surface area contributed by atoms with Gasteiger partial charge in [0.15, 0.2) is 11.6 Å². The molecule has 2 N–H and O–H groups in total. The van der Waals surface area contributed by atoms with Gasteiger partial charge in [-0.2, -0.15) is 0 Å². The topological polar surface area (TPSA) is 68.3 Å². The molecule has 8 heteroatoms. The van der Waals surface area contributed by atoms with Crippen molar-refractivity contribution in [1.82, 2.24) is 9.97 Å². The van der Waals surface area contributed by atoms with Gasteiger partial charge in [0.2, 0.25) is 0 Å². The smallest absolute Gasteiger partial charge is 0.165 e. The summed E-state index contributed by atoms with van der Waals surface area (Å²) in [5.41, 5.74) is 0.941. The molecule has 1 atom stereocenters. The van der Waals surface area contributed by atoms with E-state index in [0.717, 1.165) is 0 Å². The Bertz CT molecular complexity index is 778. The van der Waals surface area contributed by atoms with Gasteiger partial charge >= 0.3 is 0 Å². The second-order valence-electron chi connectivity index (χ2n) is 6.71. The van der Waals surface area contributed by atoms with Crippen LogP contribution in [-0.4, -0.2) is 48.5 Å². The molecule has 0 saturated carbocycles. The molecule has 3 rings (SSSR count). The molecule has 2 aromatic heterocycles. The van der Waals surface area contributed by atoms with Gasteiger partial charge in [-0.3, -0.25) is 0 Å². The predicted molar refractivity (Wildman–Crippen MR) is 100 cm³/mol. The summed E-state index contributed by atoms with van der Waals surface area (Å²) in [6.45, 7) is 5.28. The quantitative estimate of drug-likeness (QED) is 0.826. The first kappa shape index (κ1) is 18.8. The Balaban J connectivity index is 1.74. The molecular formula is C18H22ClFN4O2. The predicted octanol–water partition coefficient (Wildman–Crippen LogP) is 3.58. The van der Waals surface area contributed by atoms with E-state index in [1.807, 2.05) is 13.8 Å². The molecule has 0 bridgehead atoms. The SMILES string of the molecule is CNc1cc(-c2ccc(F)c(NCC3COC(C)(C)CO3)n2)c(Cl)cn1. The van der Waals surface area contributed by atoms with Crippen LogP contribution < -0.4 is 10.6 Å². The maximum Gasteiger partial charge on any atom is 0.165 e. The van der Waals surface area contributed by atoms with Gasteiger partial charge in [0.25, 0.3) is 0 Å². The number of rotatable bonds is 5. The van der Waals surface area contributed by atoms with Crippen LogP contribution in [0.5, 0.6) is 0 Å². The maximum absolute atomic E-state index is 14.2. The van der Waals surface area contributed by atoms with Crippen molar-refractivity contribution >= 4 is 23.2 Å². The van der Waals surface area contributed by atoms with Gasteiger partial charge in [0.05, 0.1) is 35.6 Å². The molecule has 0 amide bonds. The van der Waals surface area contributed by atoms with Gasteiger partial charge in [0, 0.05) is 25.4 Å². The number of halogens is 2. The highest BCUT2D eigenvalue weighted by Crippen LogP contribution is 2.29. The van der Waals surface area contributed by atoms with E-state index in [0.29, 0.717) is 41.9 Å². The fourth-order valence-corrected chi connectivity index (χ4v) is 2.74. The van der Waals surface area contributed by atoms with Crippen LogP contribution in [0.2, 0.25) is 5.02 Å². The summed E-state index contributed by atoms with van der Waals surface area (Å²) in [4.78, 5) is 8.51. The molecule has 0 aliphatic carbocycles. The van der Waals surface area contributed by atoms with Gasteiger partial charge in [-0.1, -0.05) is 11.6 Å². The summed E-state index contributed by atoms with van der Waals surface area (Å²) in [5.74, 6) is 0.361. The molecule has 1 saturated heterocycles. The first-order valence-corrected chi connectivity index (χ1v) is 8.75. The lowest BCUT2D eigenvalue weighted by atomic mass is 10.1. The lowest BCUT2D eigenvalue weighted by molar-refractivity contribution is -0.170. The molecule has 1 fully saturated rings. The largest absolute Gasteiger partial charge is 0.373 e. The number of aromatic nitrogens is 2. The van der Waals surface area contributed by atoms with E-state index in [9.17, 15) is 4.39 Å². The van der Waals surface area contributed by atoms with E-state index in [-0.39, 0.29) is 17.5 Å². The number of nitrogens with one attached hydrogen (secondary N) is 2. The highest BCUT2D eigenvalue weighted by molar-refractivity contribution is 6.33. The molecule has 140 valence electrons. The molecular weight excluding hydrogens is 359 g/mol. The summed E-state index contributed by atoms with van der Waals surface area (Å²) < 4.78 is 25.6. The third-order valence-electron chi connectivity index (χ3n) is 4.06. The fraction of sp³-hybridized carbons (Fsp3) is 0.444. The first-order valence-electron chi connectivity index (χ1n) is 8.37. The van der Waals surface area contributed by atoms with E-state index < -0.39 is 5.82 Å². The maximum atomic E-state index is 14.2. The van der Waals surface area contributed by atoms with Crippen LogP contribution in [0.3, 0.4) is 0 Å². The third kappa shape index (κ3) is 4.41. The van der Waals surface area contributed by atoms with Crippen LogP contribution in [0.15, 0.2) is 24.4 Å². The van der Waals surface area contributed by atoms with Crippen LogP contribution in [0.25, 0.3) is 11.3 Å². The van der Waals surface area contributed by atoms with Gasteiger partial charge < -0.3 is 20.1 Å². The van der Waals surface area contributed by atoms with E-state index in [1.165, 1.54) is 12.3 Å². The van der Waals surface area contributed by atoms with Crippen molar-refractivity contribution in [2.45, 2.75) is 25.6 Å². The molecule has 0 radical (unpaired) electrons. The van der Waals surface area contributed by atoms with Crippen molar-refractivity contribution in [3.63, 3.8) is 0 Å². The summed E-state index contributed by atoms with van der Waals surface area (Å²) in [6.07, 6.45) is 1.38. The molecule has 1 aliphatic rings. The molecule has 3 heterocycles. The zero-order chi connectivity index (χ0) is 18.7. The van der Waals surface area contributed by atoms with Gasteiger partial charge in [-0.15, -0.1) is 0 Å². The second-order valence-corrected chi connectivity index (χ2v) is 7.12. The number of hydrogen-bond donors (Lipinski definition) is 2. The number of hydrogen-bond acceptors (Lipinski definition) is 6. The van der Waals surface area contributed by atoms with E-state index >= 15 is 0 Å². The zero-order valence-corrected chi connectivity index (χ0v) is 15.7. The first-order chi connectivity index (χ1) is 12.4. The number of anilines is 2. The van der Waals surface area contributed by atoms with E-state index in [1.54, 1.807) is 19.2 Å². The van der Waals surface area contributed by atoms with Gasteiger partial charge in [-0.25, -0.2) is 14.4 Å². The summed E-state index contributed by atoms with van der Waals surface area (Å²) in [7, 11) is 1.76. The minimum atomic E-state index is -0.440. The van der Waals surface area contributed by atoms with Crippen molar-refractivity contribution in [2.24, 2.45) is 0 Å². The zero-order valence-electron chi connectivity index (χ0n) is 15.0. The molecule has 0 aromatic carbocycles. The third-order valence-corrected chi connectivity index (χ3v) is 4.36. The number of nitrogens with zero attached hydrogens (tertiary/aromatic N) is 2. The fourth-order valence-electron chi connectivity index (χ4n) is 2.54. The van der Waals surface area contributed by atoms with Gasteiger partial charge in [-0.05, 0) is 32.0 Å². The normalized spacial score (nSPS) is 19.2. The average molecular weight is 381 g/mol. The average Bonchev–Trinajstić information content (AvgIpc) is 2.62. The Morgan fingerprint density at radius 2 is 2.19 bits per heavy atom. The lowest BCUT2D eigenvalue weighted by Gasteiger charge is -2.35. The molecule has 2 aromatic rings. The Kier molecular flexibility index (Phi) is 5.60. The van der Waals surface area contributed by atoms with Gasteiger partial charge in [0.1, 0.15) is 5.82 Å². The minimum absolute atomic E-state index is 0.148. The van der Waals surface area contributed by atoms with Crippen molar-refractivity contribution in [3.05, 3.63) is 35.2 Å². The standard InChI is InChI=1S/C18H22ClFN4O2/c1-18(2)10-25-11(9-26-18)7-23-17-14(20)4-5-15(24-17)12-6-16(21-3)22-8-13(12)19/h4-6,8,11H,7,9-10H2,1-3H3,(H,21,22)(H,23,24).